The van der Waals surface area contributed by atoms with E-state index >= 15 is 0 Å². The summed E-state index contributed by atoms with van der Waals surface area (Å²) in [6.07, 6.45) is 4.28. The Bertz CT molecular complexity index is 565. The summed E-state index contributed by atoms with van der Waals surface area (Å²) >= 11 is 0. The van der Waals surface area contributed by atoms with Crippen molar-refractivity contribution in [1.82, 2.24) is 19.7 Å². The van der Waals surface area contributed by atoms with Crippen LogP contribution in [0.2, 0.25) is 0 Å². The second-order valence-electron chi connectivity index (χ2n) is 5.92. The van der Waals surface area contributed by atoms with Crippen LogP contribution in [0.5, 0.6) is 0 Å². The zero-order valence-corrected chi connectivity index (χ0v) is 12.0. The lowest BCUT2D eigenvalue weighted by Crippen LogP contribution is -2.31. The lowest BCUT2D eigenvalue weighted by molar-refractivity contribution is 0.215. The fraction of sp³-hybridized carbons (Fsp3) is 0.600. The van der Waals surface area contributed by atoms with Gasteiger partial charge in [-0.15, -0.1) is 0 Å². The topological polar surface area (TPSA) is 34.0 Å². The zero-order chi connectivity index (χ0) is 13.4. The Balaban J connectivity index is 1.92. The molecule has 0 saturated carbocycles. The van der Waals surface area contributed by atoms with E-state index in [4.69, 9.17) is 4.98 Å². The van der Waals surface area contributed by atoms with Crippen molar-refractivity contribution >= 4 is 11.0 Å². The molecule has 0 atom stereocenters. The van der Waals surface area contributed by atoms with Crippen LogP contribution >= 0.6 is 0 Å². The summed E-state index contributed by atoms with van der Waals surface area (Å²) < 4.78 is 2.18. The predicted octanol–water partition coefficient (Wildman–Crippen LogP) is 2.82. The third kappa shape index (κ3) is 2.37. The molecule has 1 fully saturated rings. The first kappa shape index (κ1) is 12.6. The molecule has 0 aliphatic carbocycles. The number of piperidine rings is 1. The summed E-state index contributed by atoms with van der Waals surface area (Å²) in [6.45, 7) is 6.66. The van der Waals surface area contributed by atoms with E-state index in [1.807, 2.05) is 6.20 Å². The van der Waals surface area contributed by atoms with Gasteiger partial charge < -0.3 is 4.90 Å². The molecule has 4 nitrogen and oxygen atoms in total. The van der Waals surface area contributed by atoms with E-state index in [0.29, 0.717) is 12.0 Å². The normalized spacial score (nSPS) is 18.5. The summed E-state index contributed by atoms with van der Waals surface area (Å²) in [5.41, 5.74) is 3.36. The van der Waals surface area contributed by atoms with E-state index in [0.717, 1.165) is 24.3 Å². The van der Waals surface area contributed by atoms with Gasteiger partial charge in [-0.2, -0.15) is 5.10 Å². The van der Waals surface area contributed by atoms with Crippen molar-refractivity contribution in [1.29, 1.82) is 0 Å². The molecule has 3 rings (SSSR count). The highest BCUT2D eigenvalue weighted by Crippen LogP contribution is 2.26. The second kappa shape index (κ2) is 4.93. The third-order valence-corrected chi connectivity index (χ3v) is 4.10. The van der Waals surface area contributed by atoms with Crippen LogP contribution in [0.15, 0.2) is 18.3 Å². The molecule has 4 heteroatoms. The highest BCUT2D eigenvalue weighted by molar-refractivity contribution is 5.74. The van der Waals surface area contributed by atoms with Crippen molar-refractivity contribution in [3.8, 4) is 0 Å². The minimum Gasteiger partial charge on any atom is -0.306 e. The maximum Gasteiger partial charge on any atom is 0.109 e. The Kier molecular flexibility index (Phi) is 3.27. The van der Waals surface area contributed by atoms with Gasteiger partial charge in [0.15, 0.2) is 0 Å². The summed E-state index contributed by atoms with van der Waals surface area (Å²) in [5.74, 6) is 0.469. The molecule has 1 saturated heterocycles. The molecule has 2 aromatic rings. The monoisotopic (exact) mass is 258 g/mol. The third-order valence-electron chi connectivity index (χ3n) is 4.10. The van der Waals surface area contributed by atoms with E-state index in [9.17, 15) is 0 Å². The maximum absolute atomic E-state index is 4.71. The standard InChI is InChI=1S/C15H22N4/c1-11(2)13-4-5-15-14(17-13)10-16-19(15)12-6-8-18(3)9-7-12/h4-5,10-12H,6-9H2,1-3H3. The Morgan fingerprint density at radius 1 is 1.21 bits per heavy atom. The zero-order valence-electron chi connectivity index (χ0n) is 12.0. The molecule has 1 aliphatic rings. The van der Waals surface area contributed by atoms with Crippen LogP contribution in [-0.2, 0) is 0 Å². The molecule has 0 aromatic carbocycles. The van der Waals surface area contributed by atoms with Crippen molar-refractivity contribution < 1.29 is 0 Å². The van der Waals surface area contributed by atoms with E-state index < -0.39 is 0 Å². The summed E-state index contributed by atoms with van der Waals surface area (Å²) in [5, 5.41) is 4.58. The quantitative estimate of drug-likeness (QED) is 0.830. The minimum atomic E-state index is 0.469. The number of likely N-dealkylation sites (tertiary alicyclic amines) is 1. The van der Waals surface area contributed by atoms with E-state index in [1.54, 1.807) is 0 Å². The van der Waals surface area contributed by atoms with Gasteiger partial charge in [0.2, 0.25) is 0 Å². The van der Waals surface area contributed by atoms with Gasteiger partial charge in [0.1, 0.15) is 5.52 Å². The lowest BCUT2D eigenvalue weighted by atomic mass is 10.1. The molecule has 1 aliphatic heterocycles. The molecule has 0 N–H and O–H groups in total. The molecule has 19 heavy (non-hydrogen) atoms. The first-order chi connectivity index (χ1) is 9.15. The first-order valence-electron chi connectivity index (χ1n) is 7.18. The van der Waals surface area contributed by atoms with Gasteiger partial charge in [-0.25, -0.2) is 4.98 Å². The first-order valence-corrected chi connectivity index (χ1v) is 7.18. The van der Waals surface area contributed by atoms with Crippen LogP contribution < -0.4 is 0 Å². The van der Waals surface area contributed by atoms with Gasteiger partial charge in [-0.1, -0.05) is 13.8 Å². The number of hydrogen-bond acceptors (Lipinski definition) is 3. The van der Waals surface area contributed by atoms with Crippen LogP contribution in [0.1, 0.15) is 44.3 Å². The average Bonchev–Trinajstić information content (AvgIpc) is 2.82. The fourth-order valence-corrected chi connectivity index (χ4v) is 2.80. The number of nitrogens with zero attached hydrogens (tertiary/aromatic N) is 4. The molecule has 0 spiro atoms. The molecule has 0 radical (unpaired) electrons. The Labute approximate surface area is 114 Å². The molecular weight excluding hydrogens is 236 g/mol. The number of pyridine rings is 1. The Hall–Kier alpha value is -1.42. The van der Waals surface area contributed by atoms with Crippen LogP contribution in [0, 0.1) is 0 Å². The molecule has 0 amide bonds. The molecule has 2 aromatic heterocycles. The number of aromatic nitrogens is 3. The smallest absolute Gasteiger partial charge is 0.109 e. The highest BCUT2D eigenvalue weighted by atomic mass is 15.3. The second-order valence-corrected chi connectivity index (χ2v) is 5.92. The van der Waals surface area contributed by atoms with Gasteiger partial charge in [0, 0.05) is 5.69 Å². The lowest BCUT2D eigenvalue weighted by Gasteiger charge is -2.29. The van der Waals surface area contributed by atoms with Gasteiger partial charge >= 0.3 is 0 Å². The van der Waals surface area contributed by atoms with E-state index in [-0.39, 0.29) is 0 Å². The maximum atomic E-state index is 4.71. The van der Waals surface area contributed by atoms with E-state index in [2.05, 4.69) is 47.7 Å². The van der Waals surface area contributed by atoms with Crippen molar-refractivity contribution in [2.24, 2.45) is 0 Å². The summed E-state index contributed by atoms with van der Waals surface area (Å²) in [4.78, 5) is 7.10. The van der Waals surface area contributed by atoms with Gasteiger partial charge in [-0.3, -0.25) is 4.68 Å². The molecular formula is C15H22N4. The molecule has 102 valence electrons. The predicted molar refractivity (Wildman–Crippen MR) is 77.4 cm³/mol. The van der Waals surface area contributed by atoms with E-state index in [1.165, 1.54) is 18.4 Å². The summed E-state index contributed by atoms with van der Waals surface area (Å²) in [7, 11) is 2.19. The van der Waals surface area contributed by atoms with Gasteiger partial charge in [0.25, 0.3) is 0 Å². The van der Waals surface area contributed by atoms with Crippen LogP contribution in [0.4, 0.5) is 0 Å². The fourth-order valence-electron chi connectivity index (χ4n) is 2.80. The Morgan fingerprint density at radius 2 is 1.95 bits per heavy atom. The average molecular weight is 258 g/mol. The van der Waals surface area contributed by atoms with Crippen molar-refractivity contribution in [2.45, 2.75) is 38.6 Å². The molecule has 0 bridgehead atoms. The Morgan fingerprint density at radius 3 is 2.63 bits per heavy atom. The SMILES string of the molecule is CC(C)c1ccc2c(cnn2C2CCN(C)CC2)n1. The van der Waals surface area contributed by atoms with Crippen molar-refractivity contribution in [2.75, 3.05) is 20.1 Å². The molecule has 0 unspecified atom stereocenters. The van der Waals surface area contributed by atoms with Crippen LogP contribution in [-0.4, -0.2) is 39.8 Å². The number of rotatable bonds is 2. The number of fused-ring (bicyclic) bond motifs is 1. The summed E-state index contributed by atoms with van der Waals surface area (Å²) in [6, 6.07) is 4.85. The van der Waals surface area contributed by atoms with Crippen molar-refractivity contribution in [3.63, 3.8) is 0 Å². The minimum absolute atomic E-state index is 0.469. The van der Waals surface area contributed by atoms with Gasteiger partial charge in [-0.05, 0) is 51.0 Å². The highest BCUT2D eigenvalue weighted by Gasteiger charge is 2.20. The largest absolute Gasteiger partial charge is 0.306 e. The number of hydrogen-bond donors (Lipinski definition) is 0. The van der Waals surface area contributed by atoms with Crippen molar-refractivity contribution in [3.05, 3.63) is 24.0 Å². The molecule has 3 heterocycles. The van der Waals surface area contributed by atoms with Crippen LogP contribution in [0.25, 0.3) is 11.0 Å². The van der Waals surface area contributed by atoms with Crippen LogP contribution in [0.3, 0.4) is 0 Å². The van der Waals surface area contributed by atoms with Gasteiger partial charge in [0.05, 0.1) is 17.8 Å².